The molecule has 0 N–H and O–H groups in total. The predicted octanol–water partition coefficient (Wildman–Crippen LogP) is 17.3. The molecule has 14 aromatic rings. The third-order valence-electron chi connectivity index (χ3n) is 26.6. The van der Waals surface area contributed by atoms with Crippen molar-refractivity contribution < 1.29 is 57.1 Å². The number of furan rings is 4. The minimum Gasteiger partial charge on any atom is -1.00 e. The molecule has 0 radical (unpaired) electrons. The Kier molecular flexibility index (Phi) is 15.7. The Hall–Kier alpha value is -9.26. The van der Waals surface area contributed by atoms with Crippen molar-refractivity contribution >= 4 is 91.7 Å². The molecule has 2 fully saturated rings. The second kappa shape index (κ2) is 24.1. The van der Waals surface area contributed by atoms with E-state index in [-0.39, 0.29) is 24.8 Å². The van der Waals surface area contributed by atoms with Gasteiger partial charge in [-0.2, -0.15) is 0 Å². The first-order valence-electron chi connectivity index (χ1n) is 36.8. The van der Waals surface area contributed by atoms with Crippen molar-refractivity contribution in [1.82, 2.24) is 0 Å². The molecule has 2 saturated heterocycles. The van der Waals surface area contributed by atoms with E-state index < -0.39 is 43.4 Å². The molecular weight excluding hydrogens is 1590 g/mol. The van der Waals surface area contributed by atoms with Crippen LogP contribution in [0, 0.1) is 55.4 Å². The first kappa shape index (κ1) is 69.5. The molecular formula is C96H76Cl4HfO4Si2. The molecule has 0 bridgehead atoms. The molecule has 4 aliphatic carbocycles. The molecule has 6 aliphatic rings. The van der Waals surface area contributed by atoms with Crippen molar-refractivity contribution in [1.29, 1.82) is 0 Å². The minimum atomic E-state index is -9.27. The zero-order valence-electron chi connectivity index (χ0n) is 60.7. The average Bonchev–Trinajstić information content (AvgIpc) is 1.51. The number of benzene rings is 10. The third-order valence-corrected chi connectivity index (χ3v) is 136. The summed E-state index contributed by atoms with van der Waals surface area (Å²) in [5, 5.41) is 2.45. The van der Waals surface area contributed by atoms with Crippen molar-refractivity contribution in [2.45, 2.75) is 66.6 Å². The van der Waals surface area contributed by atoms with E-state index in [0.717, 1.165) is 180 Å². The van der Waals surface area contributed by atoms with Crippen molar-refractivity contribution in [2.24, 2.45) is 0 Å². The van der Waals surface area contributed by atoms with Gasteiger partial charge >= 0.3 is 627 Å². The van der Waals surface area contributed by atoms with Crippen LogP contribution in [0.1, 0.15) is 113 Å². The van der Waals surface area contributed by atoms with Crippen LogP contribution < -0.4 is 35.2 Å². The Balaban J connectivity index is 0.00000405. The zero-order chi connectivity index (χ0) is 71.4. The summed E-state index contributed by atoms with van der Waals surface area (Å²) in [6.45, 7) is 17.3. The Bertz CT molecular complexity index is 5390. The summed E-state index contributed by atoms with van der Waals surface area (Å²) in [4.78, 5) is 0. The molecule has 6 heterocycles. The summed E-state index contributed by atoms with van der Waals surface area (Å²) < 4.78 is 25.8. The molecule has 5 spiro atoms. The smallest absolute Gasteiger partial charge is 1.00 e. The van der Waals surface area contributed by atoms with Crippen molar-refractivity contribution in [2.75, 3.05) is 0 Å². The molecule has 107 heavy (non-hydrogen) atoms. The van der Waals surface area contributed by atoms with Gasteiger partial charge in [-0.25, -0.2) is 0 Å². The maximum Gasteiger partial charge on any atom is -1.00 e. The summed E-state index contributed by atoms with van der Waals surface area (Å²) in [5.74, 6) is 6.39. The number of fused-ring (bicyclic) bond motifs is 12. The number of hydrogen-bond acceptors (Lipinski definition) is 4. The zero-order valence-corrected chi connectivity index (χ0v) is 69.6. The van der Waals surface area contributed by atoms with Crippen LogP contribution >= 0.6 is 17.2 Å². The van der Waals surface area contributed by atoms with Crippen LogP contribution in [0.25, 0.3) is 91.1 Å². The van der Waals surface area contributed by atoms with E-state index in [1.54, 1.807) is 0 Å². The molecule has 524 valence electrons. The molecule has 2 aliphatic heterocycles. The normalized spacial score (nSPS) is 22.2. The van der Waals surface area contributed by atoms with Gasteiger partial charge in [-0.3, -0.25) is 0 Å². The first-order valence-corrected chi connectivity index (χ1v) is 56.4. The van der Waals surface area contributed by atoms with Gasteiger partial charge in [0.1, 0.15) is 0 Å². The largest absolute Gasteiger partial charge is 1.00 e. The standard InChI is InChI=1S/2C48H38O2Si.4ClH.Hf/c2*1-30-26-45(49-32(30)3)43-28-41-37(34-16-8-5-9-17-34)22-14-24-39(41)47(43)51(36-20-12-7-13-21-36)48-40-25-15-23-38(35-18-10-6-11-19-35)42(40)29-44(48)46-27-31(2)33(4)50-46;;;;;/h2*5-29,51H,1-4H3;4*1H;/q;;;;;;+4/p-4. The van der Waals surface area contributed by atoms with Crippen LogP contribution in [0.15, 0.2) is 297 Å². The van der Waals surface area contributed by atoms with Gasteiger partial charge in [-0.05, 0) is 0 Å². The van der Waals surface area contributed by atoms with Gasteiger partial charge in [0.2, 0.25) is 0 Å². The Morgan fingerprint density at radius 2 is 0.467 bits per heavy atom. The van der Waals surface area contributed by atoms with E-state index in [9.17, 15) is 17.2 Å². The molecule has 4 nitrogen and oxygen atoms in total. The van der Waals surface area contributed by atoms with Crippen LogP contribution in [-0.2, 0) is 25.8 Å². The molecule has 0 saturated carbocycles. The fourth-order valence-electron chi connectivity index (χ4n) is 22.9. The van der Waals surface area contributed by atoms with E-state index in [1.807, 2.05) is 0 Å². The summed E-state index contributed by atoms with van der Waals surface area (Å²) in [7, 11) is 17.9. The van der Waals surface area contributed by atoms with Crippen LogP contribution in [0.2, 0.25) is 0 Å². The van der Waals surface area contributed by atoms with Gasteiger partial charge in [-0.1, -0.05) is 0 Å². The quantitative estimate of drug-likeness (QED) is 0.128. The van der Waals surface area contributed by atoms with Crippen LogP contribution in [0.5, 0.6) is 0 Å². The number of aryl methyl sites for hydroxylation is 8. The van der Waals surface area contributed by atoms with Crippen molar-refractivity contribution in [3.63, 3.8) is 0 Å². The summed E-state index contributed by atoms with van der Waals surface area (Å²) in [5.41, 5.74) is 25.8. The minimum absolute atomic E-state index is 0. The molecule has 11 heteroatoms. The SMILES string of the molecule is Cc1cc(C2=Cc3c(-c4ccccc4)cccc3[C]23[SiH](c2ccccc2)[C]2(C(c4cc(C)c(C)o4)=Cc4c(-c5ccccc5)cccc42)[Hf+2]32([Cl])([Cl])[C]3(C(c4cc(C)c(C)o4)=Cc4c(-c5ccccc5)cccc43)[SiH](c3ccccc3)[C]23C(c2cc(C)c(C)o2)=Cc2c(-c4ccccc4)cccc23)oc1C.[Cl-].[Cl-]. The van der Waals surface area contributed by atoms with Gasteiger partial charge in [0.15, 0.2) is 0 Å². The van der Waals surface area contributed by atoms with E-state index in [2.05, 4.69) is 359 Å². The maximum absolute atomic E-state index is 12.5. The monoisotopic (exact) mass is 1670 g/mol. The van der Waals surface area contributed by atoms with Crippen LogP contribution in [-0.4, -0.2) is 17.6 Å². The number of halogens is 4. The van der Waals surface area contributed by atoms with Crippen LogP contribution in [0.4, 0.5) is 0 Å². The number of allylic oxidation sites excluding steroid dienone is 4. The van der Waals surface area contributed by atoms with Crippen molar-refractivity contribution in [3.05, 3.63) is 392 Å². The maximum atomic E-state index is 12.5. The third kappa shape index (κ3) is 7.94. The van der Waals surface area contributed by atoms with Crippen molar-refractivity contribution in [3.8, 4) is 44.5 Å². The fourth-order valence-corrected chi connectivity index (χ4v) is 172. The van der Waals surface area contributed by atoms with E-state index in [1.165, 1.54) is 10.4 Å². The molecule has 0 amide bonds. The van der Waals surface area contributed by atoms with Crippen LogP contribution in [0.3, 0.4) is 0 Å². The van der Waals surface area contributed by atoms with Gasteiger partial charge in [0.25, 0.3) is 0 Å². The Morgan fingerprint density at radius 3 is 0.664 bits per heavy atom. The Morgan fingerprint density at radius 1 is 0.262 bits per heavy atom. The first-order chi connectivity index (χ1) is 51.0. The van der Waals surface area contributed by atoms with Gasteiger partial charge < -0.3 is 24.8 Å². The summed E-state index contributed by atoms with van der Waals surface area (Å²) in [6, 6.07) is 105. The van der Waals surface area contributed by atoms with E-state index >= 15 is 0 Å². The second-order valence-electron chi connectivity index (χ2n) is 30.7. The predicted molar refractivity (Wildman–Crippen MR) is 437 cm³/mol. The van der Waals surface area contributed by atoms with E-state index in [4.69, 9.17) is 17.7 Å². The molecule has 10 aromatic carbocycles. The fraction of sp³-hybridized carbons (Fsp3) is 0.125. The van der Waals surface area contributed by atoms with Gasteiger partial charge in [0, 0.05) is 0 Å². The number of hydrogen-bond donors (Lipinski definition) is 0. The average molecular weight is 1670 g/mol. The molecule has 20 rings (SSSR count). The second-order valence-corrected chi connectivity index (χ2v) is 85.2. The molecule has 4 unspecified atom stereocenters. The van der Waals surface area contributed by atoms with Gasteiger partial charge in [0.05, 0.1) is 0 Å². The molecule has 4 aromatic heterocycles. The summed E-state index contributed by atoms with van der Waals surface area (Å²) >= 11 is -9.27. The van der Waals surface area contributed by atoms with Gasteiger partial charge in [-0.15, -0.1) is 0 Å². The molecule has 4 atom stereocenters. The number of rotatable bonds is 10. The Labute approximate surface area is 646 Å². The van der Waals surface area contributed by atoms with E-state index in [0.29, 0.717) is 0 Å². The topological polar surface area (TPSA) is 52.6 Å². The summed E-state index contributed by atoms with van der Waals surface area (Å²) in [6.07, 6.45) is 10.2.